The van der Waals surface area contributed by atoms with Gasteiger partial charge in [0.1, 0.15) is 0 Å². The van der Waals surface area contributed by atoms with E-state index in [2.05, 4.69) is 39.9 Å². The molecule has 0 fully saturated rings. The fourth-order valence-electron chi connectivity index (χ4n) is 1.70. The summed E-state index contributed by atoms with van der Waals surface area (Å²) in [6.45, 7) is 4.24. The Morgan fingerprint density at radius 3 is 2.84 bits per heavy atom. The molecule has 1 aromatic heterocycles. The standard InChI is InChI=1S/C15H19N3S/c1-3-4-8-12(2)17-18-15-16-14(11-19-15)13-9-6-5-7-10-13/h5-7,9-11H,3-4,8H2,1-2H3,(H,16,18)/b17-12+. The zero-order chi connectivity index (χ0) is 13.5. The minimum Gasteiger partial charge on any atom is -0.253 e. The van der Waals surface area contributed by atoms with Gasteiger partial charge in [0.2, 0.25) is 5.13 Å². The highest BCUT2D eigenvalue weighted by Gasteiger charge is 2.03. The smallest absolute Gasteiger partial charge is 0.203 e. The number of unbranched alkanes of at least 4 members (excludes halogenated alkanes) is 1. The Balaban J connectivity index is 1.98. The van der Waals surface area contributed by atoms with Crippen molar-refractivity contribution >= 4 is 22.2 Å². The summed E-state index contributed by atoms with van der Waals surface area (Å²) in [5.74, 6) is 0. The molecule has 2 aromatic rings. The first kappa shape index (κ1) is 13.7. The summed E-state index contributed by atoms with van der Waals surface area (Å²) < 4.78 is 0. The number of hydrogen-bond acceptors (Lipinski definition) is 4. The third kappa shape index (κ3) is 4.17. The second-order valence-corrected chi connectivity index (χ2v) is 5.32. The van der Waals surface area contributed by atoms with Gasteiger partial charge in [-0.25, -0.2) is 4.98 Å². The van der Waals surface area contributed by atoms with E-state index >= 15 is 0 Å². The topological polar surface area (TPSA) is 37.3 Å². The zero-order valence-corrected chi connectivity index (χ0v) is 12.2. The Morgan fingerprint density at radius 2 is 2.11 bits per heavy atom. The Morgan fingerprint density at radius 1 is 1.32 bits per heavy atom. The lowest BCUT2D eigenvalue weighted by Crippen LogP contribution is -1.97. The molecule has 19 heavy (non-hydrogen) atoms. The van der Waals surface area contributed by atoms with Crippen LogP contribution in [-0.2, 0) is 0 Å². The lowest BCUT2D eigenvalue weighted by Gasteiger charge is -1.99. The average Bonchev–Trinajstić information content (AvgIpc) is 2.93. The number of hydrazone groups is 1. The zero-order valence-electron chi connectivity index (χ0n) is 11.4. The monoisotopic (exact) mass is 273 g/mol. The third-order valence-electron chi connectivity index (χ3n) is 2.81. The SMILES string of the molecule is CCCC/C(C)=N/Nc1nc(-c2ccccc2)cs1. The maximum absolute atomic E-state index is 4.53. The minimum atomic E-state index is 0.842. The van der Waals surface area contributed by atoms with Crippen molar-refractivity contribution in [2.45, 2.75) is 33.1 Å². The second kappa shape index (κ2) is 7.04. The highest BCUT2D eigenvalue weighted by Crippen LogP contribution is 2.24. The number of nitrogens with zero attached hydrogens (tertiary/aromatic N) is 2. The number of thiazole rings is 1. The van der Waals surface area contributed by atoms with Crippen LogP contribution in [0.15, 0.2) is 40.8 Å². The minimum absolute atomic E-state index is 0.842. The van der Waals surface area contributed by atoms with Crippen molar-refractivity contribution in [3.63, 3.8) is 0 Å². The van der Waals surface area contributed by atoms with Crippen molar-refractivity contribution in [3.8, 4) is 11.3 Å². The van der Waals surface area contributed by atoms with Crippen molar-refractivity contribution < 1.29 is 0 Å². The normalized spacial score (nSPS) is 11.6. The molecular weight excluding hydrogens is 254 g/mol. The fraction of sp³-hybridized carbons (Fsp3) is 0.333. The Labute approximate surface area is 118 Å². The maximum atomic E-state index is 4.53. The Bertz CT molecular complexity index is 531. The first-order valence-electron chi connectivity index (χ1n) is 6.59. The van der Waals surface area contributed by atoms with Crippen LogP contribution in [0.1, 0.15) is 33.1 Å². The molecule has 100 valence electrons. The average molecular weight is 273 g/mol. The highest BCUT2D eigenvalue weighted by atomic mass is 32.1. The van der Waals surface area contributed by atoms with Crippen LogP contribution in [0.4, 0.5) is 5.13 Å². The van der Waals surface area contributed by atoms with Crippen LogP contribution >= 0.6 is 11.3 Å². The summed E-state index contributed by atoms with van der Waals surface area (Å²) in [5.41, 5.74) is 6.29. The van der Waals surface area contributed by atoms with E-state index in [-0.39, 0.29) is 0 Å². The number of aromatic nitrogens is 1. The van der Waals surface area contributed by atoms with Gasteiger partial charge in [-0.15, -0.1) is 11.3 Å². The first-order valence-corrected chi connectivity index (χ1v) is 7.47. The molecule has 0 atom stereocenters. The van der Waals surface area contributed by atoms with Crippen LogP contribution in [0.5, 0.6) is 0 Å². The summed E-state index contributed by atoms with van der Waals surface area (Å²) in [7, 11) is 0. The van der Waals surface area contributed by atoms with Crippen LogP contribution < -0.4 is 5.43 Å². The predicted molar refractivity (Wildman–Crippen MR) is 83.8 cm³/mol. The molecule has 3 nitrogen and oxygen atoms in total. The van der Waals surface area contributed by atoms with E-state index in [0.717, 1.165) is 28.5 Å². The van der Waals surface area contributed by atoms with Crippen LogP contribution in [0.3, 0.4) is 0 Å². The largest absolute Gasteiger partial charge is 0.253 e. The van der Waals surface area contributed by atoms with Crippen molar-refractivity contribution in [2.75, 3.05) is 5.43 Å². The third-order valence-corrected chi connectivity index (χ3v) is 3.56. The van der Waals surface area contributed by atoms with Crippen molar-refractivity contribution in [3.05, 3.63) is 35.7 Å². The van der Waals surface area contributed by atoms with E-state index in [9.17, 15) is 0 Å². The van der Waals surface area contributed by atoms with Gasteiger partial charge in [-0.2, -0.15) is 5.10 Å². The molecule has 0 saturated carbocycles. The molecule has 0 aliphatic rings. The molecule has 0 spiro atoms. The molecule has 1 aromatic carbocycles. The van der Waals surface area contributed by atoms with Gasteiger partial charge in [-0.1, -0.05) is 43.7 Å². The number of rotatable bonds is 6. The van der Waals surface area contributed by atoms with Gasteiger partial charge in [0.05, 0.1) is 5.69 Å². The fourth-order valence-corrected chi connectivity index (χ4v) is 2.36. The Hall–Kier alpha value is -1.68. The van der Waals surface area contributed by atoms with E-state index < -0.39 is 0 Å². The number of nitrogens with one attached hydrogen (secondary N) is 1. The molecule has 0 amide bonds. The summed E-state index contributed by atoms with van der Waals surface area (Å²) in [6, 6.07) is 10.2. The molecule has 2 rings (SSSR count). The molecule has 0 aliphatic heterocycles. The van der Waals surface area contributed by atoms with E-state index in [4.69, 9.17) is 0 Å². The maximum Gasteiger partial charge on any atom is 0.203 e. The van der Waals surface area contributed by atoms with Gasteiger partial charge in [0.25, 0.3) is 0 Å². The van der Waals surface area contributed by atoms with Crippen LogP contribution in [0, 0.1) is 0 Å². The summed E-state index contributed by atoms with van der Waals surface area (Å²) in [6.07, 6.45) is 3.42. The van der Waals surface area contributed by atoms with E-state index in [1.54, 1.807) is 11.3 Å². The van der Waals surface area contributed by atoms with Gasteiger partial charge in [-0.3, -0.25) is 5.43 Å². The van der Waals surface area contributed by atoms with Gasteiger partial charge >= 0.3 is 0 Å². The van der Waals surface area contributed by atoms with Gasteiger partial charge in [0.15, 0.2) is 0 Å². The van der Waals surface area contributed by atoms with Crippen LogP contribution in [0.25, 0.3) is 11.3 Å². The molecule has 1 N–H and O–H groups in total. The van der Waals surface area contributed by atoms with Crippen LogP contribution in [0.2, 0.25) is 0 Å². The molecule has 0 bridgehead atoms. The summed E-state index contributed by atoms with van der Waals surface area (Å²) in [4.78, 5) is 4.53. The summed E-state index contributed by atoms with van der Waals surface area (Å²) >= 11 is 1.58. The lowest BCUT2D eigenvalue weighted by atomic mass is 10.2. The van der Waals surface area contributed by atoms with E-state index in [0.29, 0.717) is 0 Å². The lowest BCUT2D eigenvalue weighted by molar-refractivity contribution is 0.832. The highest BCUT2D eigenvalue weighted by molar-refractivity contribution is 7.14. The molecule has 0 aliphatic carbocycles. The van der Waals surface area contributed by atoms with Gasteiger partial charge in [0, 0.05) is 16.7 Å². The van der Waals surface area contributed by atoms with Crippen molar-refractivity contribution in [1.82, 2.24) is 4.98 Å². The molecule has 0 unspecified atom stereocenters. The first-order chi connectivity index (χ1) is 9.29. The van der Waals surface area contributed by atoms with Crippen molar-refractivity contribution in [1.29, 1.82) is 0 Å². The second-order valence-electron chi connectivity index (χ2n) is 4.47. The van der Waals surface area contributed by atoms with E-state index in [1.807, 2.05) is 25.1 Å². The number of anilines is 1. The molecule has 4 heteroatoms. The Kier molecular flexibility index (Phi) is 5.10. The quantitative estimate of drug-likeness (QED) is 0.607. The molecule has 0 saturated heterocycles. The van der Waals surface area contributed by atoms with Gasteiger partial charge < -0.3 is 0 Å². The van der Waals surface area contributed by atoms with Gasteiger partial charge in [-0.05, 0) is 19.8 Å². The summed E-state index contributed by atoms with van der Waals surface area (Å²) in [5, 5.41) is 7.25. The predicted octanol–water partition coefficient (Wildman–Crippen LogP) is 4.79. The molecular formula is C15H19N3S. The molecule has 0 radical (unpaired) electrons. The van der Waals surface area contributed by atoms with Crippen LogP contribution in [-0.4, -0.2) is 10.7 Å². The molecule has 1 heterocycles. The van der Waals surface area contributed by atoms with E-state index in [1.165, 1.54) is 12.8 Å². The number of hydrogen-bond donors (Lipinski definition) is 1. The van der Waals surface area contributed by atoms with Crippen molar-refractivity contribution in [2.24, 2.45) is 5.10 Å². The number of benzene rings is 1.